The van der Waals surface area contributed by atoms with Crippen LogP contribution in [0.25, 0.3) is 0 Å². The standard InChI is InChI=1S/C15H14ClNO/c16-13-8-4-3-7-12(13)15(18)9-14(17)10-5-1-2-6-11(10)15/h1-8,14,18H,9,17H2. The Labute approximate surface area is 111 Å². The average Bonchev–Trinajstić information content (AvgIpc) is 2.64. The monoisotopic (exact) mass is 259 g/mol. The van der Waals surface area contributed by atoms with Crippen LogP contribution in [0.3, 0.4) is 0 Å². The van der Waals surface area contributed by atoms with Gasteiger partial charge in [-0.05, 0) is 17.2 Å². The molecule has 0 radical (unpaired) electrons. The second-order valence-electron chi connectivity index (χ2n) is 4.74. The third-order valence-electron chi connectivity index (χ3n) is 3.64. The Bertz CT molecular complexity index is 599. The summed E-state index contributed by atoms with van der Waals surface area (Å²) in [5.74, 6) is 0. The SMILES string of the molecule is NC1CC(O)(c2ccccc2Cl)c2ccccc21. The number of rotatable bonds is 1. The number of halogens is 1. The van der Waals surface area contributed by atoms with E-state index >= 15 is 0 Å². The molecule has 3 rings (SSSR count). The minimum absolute atomic E-state index is 0.150. The largest absolute Gasteiger partial charge is 0.380 e. The van der Waals surface area contributed by atoms with Gasteiger partial charge in [0, 0.05) is 23.0 Å². The van der Waals surface area contributed by atoms with Crippen molar-refractivity contribution in [1.29, 1.82) is 0 Å². The van der Waals surface area contributed by atoms with E-state index in [1.807, 2.05) is 42.5 Å². The fraction of sp³-hybridized carbons (Fsp3) is 0.200. The highest BCUT2D eigenvalue weighted by Gasteiger charge is 2.43. The zero-order chi connectivity index (χ0) is 12.8. The molecule has 18 heavy (non-hydrogen) atoms. The summed E-state index contributed by atoms with van der Waals surface area (Å²) in [4.78, 5) is 0. The second-order valence-corrected chi connectivity index (χ2v) is 5.15. The molecule has 2 nitrogen and oxygen atoms in total. The van der Waals surface area contributed by atoms with E-state index in [0.29, 0.717) is 11.4 Å². The maximum atomic E-state index is 11.0. The topological polar surface area (TPSA) is 46.2 Å². The molecule has 1 aliphatic rings. The van der Waals surface area contributed by atoms with Crippen LogP contribution < -0.4 is 5.73 Å². The molecular weight excluding hydrogens is 246 g/mol. The smallest absolute Gasteiger partial charge is 0.118 e. The maximum absolute atomic E-state index is 11.0. The number of nitrogens with two attached hydrogens (primary N) is 1. The quantitative estimate of drug-likeness (QED) is 0.827. The summed E-state index contributed by atoms with van der Waals surface area (Å²) in [5.41, 5.74) is 7.63. The van der Waals surface area contributed by atoms with Crippen molar-refractivity contribution in [2.24, 2.45) is 5.73 Å². The summed E-state index contributed by atoms with van der Waals surface area (Å²) in [6, 6.07) is 15.0. The van der Waals surface area contributed by atoms with Crippen LogP contribution in [0.1, 0.15) is 29.2 Å². The molecule has 3 N–H and O–H groups in total. The van der Waals surface area contributed by atoms with Crippen LogP contribution in [0.2, 0.25) is 5.02 Å². The van der Waals surface area contributed by atoms with Crippen LogP contribution in [0, 0.1) is 0 Å². The van der Waals surface area contributed by atoms with Crippen LogP contribution >= 0.6 is 11.6 Å². The van der Waals surface area contributed by atoms with E-state index in [4.69, 9.17) is 17.3 Å². The first-order chi connectivity index (χ1) is 8.63. The lowest BCUT2D eigenvalue weighted by atomic mass is 9.88. The van der Waals surface area contributed by atoms with E-state index in [-0.39, 0.29) is 6.04 Å². The van der Waals surface area contributed by atoms with Crippen molar-refractivity contribution in [3.8, 4) is 0 Å². The molecule has 0 amide bonds. The second kappa shape index (κ2) is 4.09. The average molecular weight is 260 g/mol. The molecule has 0 aromatic heterocycles. The molecule has 0 heterocycles. The minimum atomic E-state index is -1.08. The van der Waals surface area contributed by atoms with Gasteiger partial charge in [-0.1, -0.05) is 54.1 Å². The van der Waals surface area contributed by atoms with E-state index in [2.05, 4.69) is 0 Å². The lowest BCUT2D eigenvalue weighted by Crippen LogP contribution is -2.25. The first-order valence-electron chi connectivity index (χ1n) is 5.95. The molecule has 0 saturated heterocycles. The van der Waals surface area contributed by atoms with Gasteiger partial charge in [-0.2, -0.15) is 0 Å². The number of hydrogen-bond acceptors (Lipinski definition) is 2. The van der Waals surface area contributed by atoms with Gasteiger partial charge in [0.25, 0.3) is 0 Å². The Morgan fingerprint density at radius 3 is 2.39 bits per heavy atom. The molecule has 2 aromatic carbocycles. The first-order valence-corrected chi connectivity index (χ1v) is 6.33. The lowest BCUT2D eigenvalue weighted by Gasteiger charge is -2.25. The Morgan fingerprint density at radius 1 is 1.06 bits per heavy atom. The van der Waals surface area contributed by atoms with Crippen LogP contribution in [0.5, 0.6) is 0 Å². The van der Waals surface area contributed by atoms with Gasteiger partial charge < -0.3 is 10.8 Å². The molecule has 3 heteroatoms. The highest BCUT2D eigenvalue weighted by molar-refractivity contribution is 6.31. The summed E-state index contributed by atoms with van der Waals surface area (Å²) in [5, 5.41) is 11.6. The van der Waals surface area contributed by atoms with Gasteiger partial charge >= 0.3 is 0 Å². The van der Waals surface area contributed by atoms with Gasteiger partial charge in [0.2, 0.25) is 0 Å². The van der Waals surface area contributed by atoms with Gasteiger partial charge in [0.15, 0.2) is 0 Å². The molecule has 2 unspecified atom stereocenters. The minimum Gasteiger partial charge on any atom is -0.380 e. The van der Waals surface area contributed by atoms with Crippen molar-refractivity contribution >= 4 is 11.6 Å². The zero-order valence-electron chi connectivity index (χ0n) is 9.81. The van der Waals surface area contributed by atoms with Gasteiger partial charge in [-0.3, -0.25) is 0 Å². The highest BCUT2D eigenvalue weighted by Crippen LogP contribution is 2.47. The Balaban J connectivity index is 2.21. The third-order valence-corrected chi connectivity index (χ3v) is 3.97. The molecule has 0 fully saturated rings. The van der Waals surface area contributed by atoms with E-state index in [0.717, 1.165) is 16.7 Å². The van der Waals surface area contributed by atoms with Crippen molar-refractivity contribution in [2.75, 3.05) is 0 Å². The molecule has 1 aliphatic carbocycles. The molecule has 0 bridgehead atoms. The number of aliphatic hydroxyl groups is 1. The van der Waals surface area contributed by atoms with Gasteiger partial charge in [-0.15, -0.1) is 0 Å². The lowest BCUT2D eigenvalue weighted by molar-refractivity contribution is 0.0777. The molecule has 92 valence electrons. The number of fused-ring (bicyclic) bond motifs is 1. The van der Waals surface area contributed by atoms with E-state index in [1.165, 1.54) is 0 Å². The van der Waals surface area contributed by atoms with Gasteiger partial charge in [0.1, 0.15) is 5.60 Å². The number of benzene rings is 2. The molecule has 2 aromatic rings. The fourth-order valence-electron chi connectivity index (χ4n) is 2.79. The first kappa shape index (κ1) is 11.7. The normalized spacial score (nSPS) is 26.1. The van der Waals surface area contributed by atoms with Crippen LogP contribution in [0.4, 0.5) is 0 Å². The maximum Gasteiger partial charge on any atom is 0.118 e. The molecule has 2 atom stereocenters. The van der Waals surface area contributed by atoms with Crippen molar-refractivity contribution < 1.29 is 5.11 Å². The summed E-state index contributed by atoms with van der Waals surface area (Å²) in [6.45, 7) is 0. The summed E-state index contributed by atoms with van der Waals surface area (Å²) >= 11 is 6.21. The third kappa shape index (κ3) is 1.57. The van der Waals surface area contributed by atoms with Crippen molar-refractivity contribution in [3.05, 3.63) is 70.2 Å². The van der Waals surface area contributed by atoms with Gasteiger partial charge in [-0.25, -0.2) is 0 Å². The van der Waals surface area contributed by atoms with E-state index in [1.54, 1.807) is 6.07 Å². The fourth-order valence-corrected chi connectivity index (χ4v) is 3.08. The Morgan fingerprint density at radius 2 is 1.67 bits per heavy atom. The van der Waals surface area contributed by atoms with E-state index in [9.17, 15) is 5.11 Å². The Hall–Kier alpha value is -1.35. The van der Waals surface area contributed by atoms with Crippen LogP contribution in [-0.4, -0.2) is 5.11 Å². The van der Waals surface area contributed by atoms with Crippen molar-refractivity contribution in [2.45, 2.75) is 18.1 Å². The van der Waals surface area contributed by atoms with Crippen LogP contribution in [-0.2, 0) is 5.60 Å². The summed E-state index contributed by atoms with van der Waals surface area (Å²) in [6.07, 6.45) is 0.468. The molecule has 0 aliphatic heterocycles. The summed E-state index contributed by atoms with van der Waals surface area (Å²) < 4.78 is 0. The van der Waals surface area contributed by atoms with Crippen molar-refractivity contribution in [3.63, 3.8) is 0 Å². The predicted molar refractivity (Wildman–Crippen MR) is 72.4 cm³/mol. The zero-order valence-corrected chi connectivity index (χ0v) is 10.6. The molecule has 0 saturated carbocycles. The highest BCUT2D eigenvalue weighted by atomic mass is 35.5. The van der Waals surface area contributed by atoms with Crippen molar-refractivity contribution in [1.82, 2.24) is 0 Å². The molecule has 0 spiro atoms. The molecular formula is C15H14ClNO. The summed E-state index contributed by atoms with van der Waals surface area (Å²) in [7, 11) is 0. The predicted octanol–water partition coefficient (Wildman–Crippen LogP) is 2.98. The van der Waals surface area contributed by atoms with Crippen LogP contribution in [0.15, 0.2) is 48.5 Å². The Kier molecular flexibility index (Phi) is 2.67. The van der Waals surface area contributed by atoms with E-state index < -0.39 is 5.60 Å². The number of hydrogen-bond donors (Lipinski definition) is 2. The van der Waals surface area contributed by atoms with Gasteiger partial charge in [0.05, 0.1) is 0 Å².